The van der Waals surface area contributed by atoms with Crippen molar-refractivity contribution < 1.29 is 14.7 Å². The lowest BCUT2D eigenvalue weighted by Crippen LogP contribution is -2.40. The summed E-state index contributed by atoms with van der Waals surface area (Å²) in [5, 5.41) is 8.98. The second-order valence-corrected chi connectivity index (χ2v) is 7.84. The van der Waals surface area contributed by atoms with Crippen molar-refractivity contribution in [3.8, 4) is 0 Å². The van der Waals surface area contributed by atoms with Crippen molar-refractivity contribution in [2.24, 2.45) is 11.8 Å². The summed E-state index contributed by atoms with van der Waals surface area (Å²) in [4.78, 5) is 26.9. The maximum absolute atomic E-state index is 11.5. The molecule has 2 amide bonds. The molecule has 2 saturated heterocycles. The Kier molecular flexibility index (Phi) is 11.9. The normalized spacial score (nSPS) is 23.2. The molecule has 0 aromatic rings. The largest absolute Gasteiger partial charge is 0.396 e. The molecule has 2 aliphatic heterocycles. The summed E-state index contributed by atoms with van der Waals surface area (Å²) in [7, 11) is 0. The second-order valence-electron chi connectivity index (χ2n) is 7.53. The Morgan fingerprint density at radius 3 is 1.81 bits per heavy atom. The molecule has 2 unspecified atom stereocenters. The van der Waals surface area contributed by atoms with Crippen LogP contribution in [0.3, 0.4) is 0 Å². The highest BCUT2D eigenvalue weighted by molar-refractivity contribution is 6.18. The van der Waals surface area contributed by atoms with E-state index in [0.717, 1.165) is 58.3 Å². The molecule has 0 aliphatic carbocycles. The van der Waals surface area contributed by atoms with Gasteiger partial charge >= 0.3 is 0 Å². The molecule has 2 heterocycles. The summed E-state index contributed by atoms with van der Waals surface area (Å²) in [5.74, 6) is 2.08. The summed E-state index contributed by atoms with van der Waals surface area (Å²) in [6, 6.07) is 0. The monoisotopic (exact) mass is 388 g/mol. The summed E-state index contributed by atoms with van der Waals surface area (Å²) in [5.41, 5.74) is 0. The fourth-order valence-corrected chi connectivity index (χ4v) is 3.85. The van der Waals surface area contributed by atoms with Crippen LogP contribution >= 0.6 is 11.6 Å². The molecular weight excluding hydrogens is 352 g/mol. The topological polar surface area (TPSA) is 60.9 Å². The Balaban J connectivity index is 0.000000260. The maximum atomic E-state index is 11.5. The molecule has 5 nitrogen and oxygen atoms in total. The standard InChI is InChI=1S/C10H18ClNO.C10H19NO2/c1-2-4-10(13)12-6-3-5-9(7-11)8-12;1-2-4-10(13)11-6-3-5-9(7-11)8-12/h9H,2-8H2,1H3;9,12H,2-8H2,1H3. The quantitative estimate of drug-likeness (QED) is 0.710. The first-order valence-electron chi connectivity index (χ1n) is 10.3. The third-order valence-electron chi connectivity index (χ3n) is 5.15. The number of likely N-dealkylation sites (tertiary alicyclic amines) is 2. The highest BCUT2D eigenvalue weighted by Gasteiger charge is 2.23. The number of nitrogens with zero attached hydrogens (tertiary/aromatic N) is 2. The van der Waals surface area contributed by atoms with Crippen molar-refractivity contribution in [3.63, 3.8) is 0 Å². The zero-order valence-corrected chi connectivity index (χ0v) is 17.3. The van der Waals surface area contributed by atoms with Crippen LogP contribution in [0.4, 0.5) is 0 Å². The average molecular weight is 389 g/mol. The van der Waals surface area contributed by atoms with E-state index < -0.39 is 0 Å². The molecule has 6 heteroatoms. The van der Waals surface area contributed by atoms with E-state index in [4.69, 9.17) is 16.7 Å². The molecular formula is C20H37ClN2O3. The van der Waals surface area contributed by atoms with Gasteiger partial charge in [0.1, 0.15) is 0 Å². The SMILES string of the molecule is CCCC(=O)N1CCCC(CCl)C1.CCCC(=O)N1CCCC(CO)C1. The van der Waals surface area contributed by atoms with Crippen molar-refractivity contribution in [3.05, 3.63) is 0 Å². The van der Waals surface area contributed by atoms with Crippen molar-refractivity contribution in [2.45, 2.75) is 65.2 Å². The minimum absolute atomic E-state index is 0.218. The van der Waals surface area contributed by atoms with Crippen LogP contribution in [-0.4, -0.2) is 65.4 Å². The van der Waals surface area contributed by atoms with E-state index in [1.165, 1.54) is 6.42 Å². The Morgan fingerprint density at radius 2 is 1.38 bits per heavy atom. The molecule has 152 valence electrons. The van der Waals surface area contributed by atoms with E-state index in [9.17, 15) is 9.59 Å². The molecule has 0 aromatic heterocycles. The van der Waals surface area contributed by atoms with Gasteiger partial charge in [0.25, 0.3) is 0 Å². The fraction of sp³-hybridized carbons (Fsp3) is 0.900. The van der Waals surface area contributed by atoms with Crippen LogP contribution < -0.4 is 0 Å². The summed E-state index contributed by atoms with van der Waals surface area (Å²) >= 11 is 5.79. The Morgan fingerprint density at radius 1 is 0.923 bits per heavy atom. The Labute approximate surface area is 164 Å². The predicted octanol–water partition coefficient (Wildman–Crippen LogP) is 3.28. The van der Waals surface area contributed by atoms with Crippen LogP contribution in [-0.2, 0) is 9.59 Å². The van der Waals surface area contributed by atoms with Crippen LogP contribution in [0.25, 0.3) is 0 Å². The minimum atomic E-state index is 0.218. The molecule has 0 aromatic carbocycles. The Hall–Kier alpha value is -0.810. The molecule has 1 N–H and O–H groups in total. The summed E-state index contributed by atoms with van der Waals surface area (Å²) in [6.45, 7) is 7.74. The molecule has 26 heavy (non-hydrogen) atoms. The zero-order valence-electron chi connectivity index (χ0n) is 16.6. The molecule has 0 bridgehead atoms. The van der Waals surface area contributed by atoms with Gasteiger partial charge in [-0.15, -0.1) is 11.6 Å². The number of hydrogen-bond donors (Lipinski definition) is 1. The van der Waals surface area contributed by atoms with Crippen LogP contribution in [0.2, 0.25) is 0 Å². The molecule has 0 spiro atoms. The van der Waals surface area contributed by atoms with Crippen molar-refractivity contribution in [1.82, 2.24) is 9.80 Å². The highest BCUT2D eigenvalue weighted by atomic mass is 35.5. The van der Waals surface area contributed by atoms with Gasteiger partial charge < -0.3 is 14.9 Å². The average Bonchev–Trinajstić information content (AvgIpc) is 2.69. The second kappa shape index (κ2) is 13.4. The number of hydrogen-bond acceptors (Lipinski definition) is 3. The van der Waals surface area contributed by atoms with E-state index in [1.54, 1.807) is 0 Å². The third-order valence-corrected chi connectivity index (χ3v) is 5.58. The number of carbonyl (C=O) groups excluding carboxylic acids is 2. The number of aliphatic hydroxyl groups is 1. The lowest BCUT2D eigenvalue weighted by molar-refractivity contribution is -0.133. The van der Waals surface area contributed by atoms with E-state index >= 15 is 0 Å². The molecule has 0 radical (unpaired) electrons. The molecule has 2 rings (SSSR count). The first-order chi connectivity index (χ1) is 12.5. The van der Waals surface area contributed by atoms with Crippen LogP contribution in [0.5, 0.6) is 0 Å². The van der Waals surface area contributed by atoms with Gasteiger partial charge in [-0.2, -0.15) is 0 Å². The smallest absolute Gasteiger partial charge is 0.222 e. The molecule has 0 saturated carbocycles. The van der Waals surface area contributed by atoms with Gasteiger partial charge in [-0.25, -0.2) is 0 Å². The van der Waals surface area contributed by atoms with E-state index in [2.05, 4.69) is 0 Å². The van der Waals surface area contributed by atoms with Crippen molar-refractivity contribution in [2.75, 3.05) is 38.7 Å². The number of alkyl halides is 1. The van der Waals surface area contributed by atoms with Gasteiger partial charge in [0, 0.05) is 51.5 Å². The van der Waals surface area contributed by atoms with Crippen molar-refractivity contribution in [1.29, 1.82) is 0 Å². The van der Waals surface area contributed by atoms with Gasteiger partial charge in [-0.1, -0.05) is 13.8 Å². The molecule has 2 aliphatic rings. The number of piperidine rings is 2. The van der Waals surface area contributed by atoms with E-state index in [0.29, 0.717) is 36.5 Å². The van der Waals surface area contributed by atoms with Gasteiger partial charge in [0.05, 0.1) is 0 Å². The van der Waals surface area contributed by atoms with Gasteiger partial charge in [-0.3, -0.25) is 9.59 Å². The first-order valence-corrected chi connectivity index (χ1v) is 10.8. The molecule has 2 fully saturated rings. The number of rotatable bonds is 6. The fourth-order valence-electron chi connectivity index (χ4n) is 3.60. The van der Waals surface area contributed by atoms with Gasteiger partial charge in [-0.05, 0) is 50.4 Å². The number of aliphatic hydroxyl groups excluding tert-OH is 1. The van der Waals surface area contributed by atoms with E-state index in [1.807, 2.05) is 23.6 Å². The van der Waals surface area contributed by atoms with Gasteiger partial charge in [0.15, 0.2) is 0 Å². The van der Waals surface area contributed by atoms with Gasteiger partial charge in [0.2, 0.25) is 11.8 Å². The van der Waals surface area contributed by atoms with Crippen molar-refractivity contribution >= 4 is 23.4 Å². The highest BCUT2D eigenvalue weighted by Crippen LogP contribution is 2.18. The van der Waals surface area contributed by atoms with E-state index in [-0.39, 0.29) is 12.5 Å². The lowest BCUT2D eigenvalue weighted by Gasteiger charge is -2.31. The third kappa shape index (κ3) is 8.26. The van der Waals surface area contributed by atoms with Crippen LogP contribution in [0.15, 0.2) is 0 Å². The number of carbonyl (C=O) groups is 2. The first kappa shape index (κ1) is 23.2. The minimum Gasteiger partial charge on any atom is -0.396 e. The Bertz CT molecular complexity index is 382. The number of halogens is 1. The lowest BCUT2D eigenvalue weighted by atomic mass is 9.99. The summed E-state index contributed by atoms with van der Waals surface area (Å²) < 4.78 is 0. The predicted molar refractivity (Wildman–Crippen MR) is 106 cm³/mol. The maximum Gasteiger partial charge on any atom is 0.222 e. The number of amides is 2. The molecule has 2 atom stereocenters. The zero-order chi connectivity index (χ0) is 19.4. The van der Waals surface area contributed by atoms with Crippen LogP contribution in [0.1, 0.15) is 65.2 Å². The summed E-state index contributed by atoms with van der Waals surface area (Å²) in [6.07, 6.45) is 7.60. The van der Waals surface area contributed by atoms with Crippen LogP contribution in [0, 0.1) is 11.8 Å².